The molecule has 0 aromatic carbocycles. The third-order valence-electron chi connectivity index (χ3n) is 2.73. The smallest absolute Gasteiger partial charge is 0.157 e. The van der Waals surface area contributed by atoms with Crippen LogP contribution in [0.1, 0.15) is 33.1 Å². The normalized spacial score (nSPS) is 18.7. The first-order valence-corrected chi connectivity index (χ1v) is 5.08. The van der Waals surface area contributed by atoms with Crippen molar-refractivity contribution in [3.8, 4) is 0 Å². The molecule has 2 nitrogen and oxygen atoms in total. The van der Waals surface area contributed by atoms with Gasteiger partial charge in [-0.3, -0.25) is 4.79 Å². The van der Waals surface area contributed by atoms with E-state index in [9.17, 15) is 4.79 Å². The first kappa shape index (κ1) is 10.3. The Balaban J connectivity index is 2.43. The fourth-order valence-corrected chi connectivity index (χ4v) is 1.60. The van der Waals surface area contributed by atoms with Crippen LogP contribution in [0.4, 0.5) is 0 Å². The summed E-state index contributed by atoms with van der Waals surface area (Å²) in [4.78, 5) is 13.2. The van der Waals surface area contributed by atoms with Crippen molar-refractivity contribution in [1.29, 1.82) is 0 Å². The SMILES string of the molecule is CCC(C)CN(C)C1=CC(=O)CC1. The van der Waals surface area contributed by atoms with Gasteiger partial charge in [0.2, 0.25) is 0 Å². The zero-order valence-electron chi connectivity index (χ0n) is 8.84. The van der Waals surface area contributed by atoms with Crippen LogP contribution >= 0.6 is 0 Å². The van der Waals surface area contributed by atoms with E-state index in [4.69, 9.17) is 0 Å². The van der Waals surface area contributed by atoms with Crippen LogP contribution in [0.3, 0.4) is 0 Å². The maximum Gasteiger partial charge on any atom is 0.157 e. The number of carbonyl (C=O) groups is 1. The van der Waals surface area contributed by atoms with Crippen molar-refractivity contribution in [2.45, 2.75) is 33.1 Å². The van der Waals surface area contributed by atoms with Gasteiger partial charge in [-0.15, -0.1) is 0 Å². The summed E-state index contributed by atoms with van der Waals surface area (Å²) in [6.07, 6.45) is 4.64. The summed E-state index contributed by atoms with van der Waals surface area (Å²) in [7, 11) is 2.08. The lowest BCUT2D eigenvalue weighted by molar-refractivity contribution is -0.114. The third-order valence-corrected chi connectivity index (χ3v) is 2.73. The van der Waals surface area contributed by atoms with Gasteiger partial charge in [0.15, 0.2) is 5.78 Å². The minimum Gasteiger partial charge on any atom is -0.378 e. The highest BCUT2D eigenvalue weighted by atomic mass is 16.1. The molecule has 0 saturated heterocycles. The lowest BCUT2D eigenvalue weighted by Gasteiger charge is -2.23. The molecule has 0 spiro atoms. The molecule has 0 fully saturated rings. The van der Waals surface area contributed by atoms with Gasteiger partial charge in [0.05, 0.1) is 0 Å². The quantitative estimate of drug-likeness (QED) is 0.662. The molecule has 0 saturated carbocycles. The Morgan fingerprint density at radius 2 is 2.23 bits per heavy atom. The molecule has 1 aliphatic carbocycles. The summed E-state index contributed by atoms with van der Waals surface area (Å²) >= 11 is 0. The van der Waals surface area contributed by atoms with Gasteiger partial charge in [-0.2, -0.15) is 0 Å². The second-order valence-corrected chi connectivity index (χ2v) is 4.00. The molecule has 0 aromatic rings. The minimum atomic E-state index is 0.283. The second-order valence-electron chi connectivity index (χ2n) is 4.00. The minimum absolute atomic E-state index is 0.283. The van der Waals surface area contributed by atoms with E-state index in [1.807, 2.05) is 0 Å². The fourth-order valence-electron chi connectivity index (χ4n) is 1.60. The maximum absolute atomic E-state index is 11.0. The molecule has 1 atom stereocenters. The number of rotatable bonds is 4. The molecule has 0 radical (unpaired) electrons. The van der Waals surface area contributed by atoms with Crippen molar-refractivity contribution in [2.75, 3.05) is 13.6 Å². The highest BCUT2D eigenvalue weighted by Crippen LogP contribution is 2.19. The summed E-state index contributed by atoms with van der Waals surface area (Å²) in [5.41, 5.74) is 1.21. The average molecular weight is 181 g/mol. The van der Waals surface area contributed by atoms with Crippen LogP contribution in [0.5, 0.6) is 0 Å². The van der Waals surface area contributed by atoms with E-state index in [-0.39, 0.29) is 5.78 Å². The molecule has 1 unspecified atom stereocenters. The molecular formula is C11H19NO. The molecule has 1 aliphatic rings. The van der Waals surface area contributed by atoms with Gasteiger partial charge in [0.25, 0.3) is 0 Å². The average Bonchev–Trinajstić information content (AvgIpc) is 2.51. The molecule has 74 valence electrons. The van der Waals surface area contributed by atoms with Crippen LogP contribution in [0.15, 0.2) is 11.8 Å². The van der Waals surface area contributed by atoms with Gasteiger partial charge in [0.1, 0.15) is 0 Å². The molecule has 13 heavy (non-hydrogen) atoms. The molecular weight excluding hydrogens is 162 g/mol. The number of hydrogen-bond acceptors (Lipinski definition) is 2. The van der Waals surface area contributed by atoms with Gasteiger partial charge in [-0.05, 0) is 12.3 Å². The molecule has 0 aliphatic heterocycles. The highest BCUT2D eigenvalue weighted by Gasteiger charge is 2.16. The van der Waals surface area contributed by atoms with Gasteiger partial charge < -0.3 is 4.90 Å². The summed E-state index contributed by atoms with van der Waals surface area (Å²) in [6, 6.07) is 0. The summed E-state index contributed by atoms with van der Waals surface area (Å²) < 4.78 is 0. The second kappa shape index (κ2) is 4.45. The Bertz CT molecular complexity index is 220. The Kier molecular flexibility index (Phi) is 3.52. The van der Waals surface area contributed by atoms with Crippen molar-refractivity contribution in [3.63, 3.8) is 0 Å². The molecule has 0 N–H and O–H groups in total. The predicted octanol–water partition coefficient (Wildman–Crippen LogP) is 2.21. The molecule has 0 heterocycles. The van der Waals surface area contributed by atoms with E-state index in [0.29, 0.717) is 12.3 Å². The standard InChI is InChI=1S/C11H19NO/c1-4-9(2)8-12(3)10-5-6-11(13)7-10/h7,9H,4-6,8H2,1-3H3. The van der Waals surface area contributed by atoms with E-state index in [1.165, 1.54) is 12.1 Å². The van der Waals surface area contributed by atoms with E-state index in [0.717, 1.165) is 13.0 Å². The predicted molar refractivity (Wildman–Crippen MR) is 54.4 cm³/mol. The number of allylic oxidation sites excluding steroid dienone is 2. The fraction of sp³-hybridized carbons (Fsp3) is 0.727. The number of nitrogens with zero attached hydrogens (tertiary/aromatic N) is 1. The van der Waals surface area contributed by atoms with Gasteiger partial charge in [0, 0.05) is 31.8 Å². The summed E-state index contributed by atoms with van der Waals surface area (Å²) in [5.74, 6) is 0.993. The van der Waals surface area contributed by atoms with Crippen LogP contribution < -0.4 is 0 Å². The zero-order valence-corrected chi connectivity index (χ0v) is 8.84. The van der Waals surface area contributed by atoms with Crippen LogP contribution in [0, 0.1) is 5.92 Å². The number of ketones is 1. The monoisotopic (exact) mass is 181 g/mol. The van der Waals surface area contributed by atoms with Crippen LogP contribution in [-0.4, -0.2) is 24.3 Å². The Morgan fingerprint density at radius 1 is 1.54 bits per heavy atom. The van der Waals surface area contributed by atoms with Gasteiger partial charge >= 0.3 is 0 Å². The summed E-state index contributed by atoms with van der Waals surface area (Å²) in [5, 5.41) is 0. The Hall–Kier alpha value is -0.790. The maximum atomic E-state index is 11.0. The number of hydrogen-bond donors (Lipinski definition) is 0. The van der Waals surface area contributed by atoms with E-state index in [1.54, 1.807) is 6.08 Å². The first-order chi connectivity index (χ1) is 6.13. The molecule has 0 aromatic heterocycles. The van der Waals surface area contributed by atoms with E-state index in [2.05, 4.69) is 25.8 Å². The third kappa shape index (κ3) is 2.87. The van der Waals surface area contributed by atoms with Crippen LogP contribution in [0.25, 0.3) is 0 Å². The topological polar surface area (TPSA) is 20.3 Å². The molecule has 0 bridgehead atoms. The molecule has 2 heteroatoms. The van der Waals surface area contributed by atoms with E-state index < -0.39 is 0 Å². The largest absolute Gasteiger partial charge is 0.378 e. The van der Waals surface area contributed by atoms with Crippen LogP contribution in [-0.2, 0) is 4.79 Å². The highest BCUT2D eigenvalue weighted by molar-refractivity contribution is 5.92. The first-order valence-electron chi connectivity index (χ1n) is 5.08. The van der Waals surface area contributed by atoms with Gasteiger partial charge in [-0.1, -0.05) is 20.3 Å². The van der Waals surface area contributed by atoms with Crippen molar-refractivity contribution in [3.05, 3.63) is 11.8 Å². The van der Waals surface area contributed by atoms with Crippen LogP contribution in [0.2, 0.25) is 0 Å². The Morgan fingerprint density at radius 3 is 2.69 bits per heavy atom. The van der Waals surface area contributed by atoms with Crippen molar-refractivity contribution in [2.24, 2.45) is 5.92 Å². The van der Waals surface area contributed by atoms with Gasteiger partial charge in [-0.25, -0.2) is 0 Å². The number of carbonyl (C=O) groups excluding carboxylic acids is 1. The van der Waals surface area contributed by atoms with Crippen molar-refractivity contribution in [1.82, 2.24) is 4.90 Å². The zero-order chi connectivity index (χ0) is 9.84. The molecule has 1 rings (SSSR count). The lowest BCUT2D eigenvalue weighted by atomic mass is 10.1. The summed E-state index contributed by atoms with van der Waals surface area (Å²) in [6.45, 7) is 5.51. The van der Waals surface area contributed by atoms with Crippen molar-refractivity contribution >= 4 is 5.78 Å². The lowest BCUT2D eigenvalue weighted by Crippen LogP contribution is -2.22. The van der Waals surface area contributed by atoms with Crippen molar-refractivity contribution < 1.29 is 4.79 Å². The molecule has 0 amide bonds. The Labute approximate surface area is 80.6 Å². The van der Waals surface area contributed by atoms with E-state index >= 15 is 0 Å².